The third-order valence-electron chi connectivity index (χ3n) is 4.83. The normalized spacial score (nSPS) is 11.2. The molecule has 0 aliphatic rings. The van der Waals surface area contributed by atoms with Gasteiger partial charge < -0.3 is 15.1 Å². The molecule has 0 saturated carbocycles. The Morgan fingerprint density at radius 3 is 2.41 bits per heavy atom. The zero-order valence-corrected chi connectivity index (χ0v) is 17.3. The van der Waals surface area contributed by atoms with Crippen molar-refractivity contribution in [1.82, 2.24) is 14.5 Å². The number of aliphatic hydroxyl groups is 2. The molecule has 32 heavy (non-hydrogen) atoms. The van der Waals surface area contributed by atoms with Gasteiger partial charge in [0, 0.05) is 34.6 Å². The van der Waals surface area contributed by atoms with Crippen LogP contribution in [-0.2, 0) is 0 Å². The average molecular weight is 459 g/mol. The molecule has 2 N–H and O–H groups in total. The Morgan fingerprint density at radius 1 is 1.00 bits per heavy atom. The van der Waals surface area contributed by atoms with Crippen molar-refractivity contribution >= 4 is 28.6 Å². The van der Waals surface area contributed by atoms with E-state index in [-0.39, 0.29) is 30.4 Å². The maximum atomic E-state index is 14.6. The SMILES string of the molecule is O=c1ccc2c(-c3ccc(Cl)cc3)nc(N(CO)CCO)nc2n1-c1ccc(F)cc1F. The minimum atomic E-state index is -0.942. The number of rotatable bonds is 6. The molecule has 0 aliphatic heterocycles. The average Bonchev–Trinajstić information content (AvgIpc) is 2.78. The van der Waals surface area contributed by atoms with Gasteiger partial charge in [-0.05, 0) is 30.3 Å². The lowest BCUT2D eigenvalue weighted by molar-refractivity contribution is 0.256. The molecule has 164 valence electrons. The third-order valence-corrected chi connectivity index (χ3v) is 5.08. The van der Waals surface area contributed by atoms with Crippen molar-refractivity contribution in [2.24, 2.45) is 0 Å². The summed E-state index contributed by atoms with van der Waals surface area (Å²) in [7, 11) is 0. The maximum Gasteiger partial charge on any atom is 0.256 e. The van der Waals surface area contributed by atoms with Crippen molar-refractivity contribution in [2.45, 2.75) is 0 Å². The van der Waals surface area contributed by atoms with Crippen LogP contribution in [0.15, 0.2) is 59.4 Å². The number of nitrogens with zero attached hydrogens (tertiary/aromatic N) is 4. The van der Waals surface area contributed by atoms with Gasteiger partial charge in [-0.3, -0.25) is 9.36 Å². The van der Waals surface area contributed by atoms with Crippen molar-refractivity contribution in [3.05, 3.63) is 81.6 Å². The highest BCUT2D eigenvalue weighted by Gasteiger charge is 2.19. The van der Waals surface area contributed by atoms with Crippen LogP contribution in [0.1, 0.15) is 0 Å². The number of aromatic nitrogens is 3. The maximum absolute atomic E-state index is 14.6. The highest BCUT2D eigenvalue weighted by Crippen LogP contribution is 2.30. The minimum absolute atomic E-state index is 0.0147. The van der Waals surface area contributed by atoms with Crippen LogP contribution in [0.3, 0.4) is 0 Å². The van der Waals surface area contributed by atoms with Crippen molar-refractivity contribution < 1.29 is 19.0 Å². The van der Waals surface area contributed by atoms with E-state index >= 15 is 0 Å². The molecule has 0 bridgehead atoms. The second-order valence-electron chi connectivity index (χ2n) is 6.85. The van der Waals surface area contributed by atoms with Crippen LogP contribution in [0, 0.1) is 11.6 Å². The quantitative estimate of drug-likeness (QED) is 0.431. The minimum Gasteiger partial charge on any atom is -0.395 e. The van der Waals surface area contributed by atoms with Gasteiger partial charge in [0.05, 0.1) is 18.0 Å². The molecule has 10 heteroatoms. The van der Waals surface area contributed by atoms with Gasteiger partial charge in [0.2, 0.25) is 5.95 Å². The van der Waals surface area contributed by atoms with Gasteiger partial charge in [0.15, 0.2) is 5.65 Å². The van der Waals surface area contributed by atoms with E-state index < -0.39 is 23.9 Å². The van der Waals surface area contributed by atoms with Crippen LogP contribution in [-0.4, -0.2) is 44.6 Å². The fourth-order valence-corrected chi connectivity index (χ4v) is 3.45. The fraction of sp³-hybridized carbons (Fsp3) is 0.136. The lowest BCUT2D eigenvalue weighted by Gasteiger charge is -2.21. The summed E-state index contributed by atoms with van der Waals surface area (Å²) in [6, 6.07) is 12.4. The predicted molar refractivity (Wildman–Crippen MR) is 117 cm³/mol. The van der Waals surface area contributed by atoms with Gasteiger partial charge in [-0.1, -0.05) is 23.7 Å². The Hall–Kier alpha value is -3.40. The van der Waals surface area contributed by atoms with Crippen LogP contribution >= 0.6 is 11.6 Å². The summed E-state index contributed by atoms with van der Waals surface area (Å²) in [5, 5.41) is 20.0. The van der Waals surface area contributed by atoms with Gasteiger partial charge in [-0.2, -0.15) is 4.98 Å². The summed E-state index contributed by atoms with van der Waals surface area (Å²) in [4.78, 5) is 23.0. The summed E-state index contributed by atoms with van der Waals surface area (Å²) in [6.45, 7) is -0.773. The lowest BCUT2D eigenvalue weighted by atomic mass is 10.1. The van der Waals surface area contributed by atoms with E-state index in [1.807, 2.05) is 0 Å². The highest BCUT2D eigenvalue weighted by molar-refractivity contribution is 6.30. The van der Waals surface area contributed by atoms with Crippen LogP contribution in [0.4, 0.5) is 14.7 Å². The molecule has 2 heterocycles. The number of anilines is 1. The number of hydrogen-bond acceptors (Lipinski definition) is 6. The molecule has 0 spiro atoms. The monoisotopic (exact) mass is 458 g/mol. The van der Waals surface area contributed by atoms with Crippen molar-refractivity contribution in [2.75, 3.05) is 24.8 Å². The van der Waals surface area contributed by atoms with Crippen molar-refractivity contribution in [1.29, 1.82) is 0 Å². The van der Waals surface area contributed by atoms with Gasteiger partial charge in [-0.25, -0.2) is 13.8 Å². The highest BCUT2D eigenvalue weighted by atomic mass is 35.5. The number of halogens is 3. The number of fused-ring (bicyclic) bond motifs is 1. The summed E-state index contributed by atoms with van der Waals surface area (Å²) >= 11 is 6.00. The van der Waals surface area contributed by atoms with Gasteiger partial charge in [0.1, 0.15) is 18.4 Å². The molecule has 2 aromatic heterocycles. The largest absolute Gasteiger partial charge is 0.395 e. The number of pyridine rings is 1. The molecular formula is C22H17ClF2N4O3. The molecule has 0 saturated heterocycles. The zero-order valence-electron chi connectivity index (χ0n) is 16.5. The molecule has 0 radical (unpaired) electrons. The smallest absolute Gasteiger partial charge is 0.256 e. The Bertz CT molecular complexity index is 1350. The topological polar surface area (TPSA) is 91.5 Å². The van der Waals surface area contributed by atoms with E-state index in [1.54, 1.807) is 24.3 Å². The molecule has 4 rings (SSSR count). The first-order valence-electron chi connectivity index (χ1n) is 9.54. The van der Waals surface area contributed by atoms with Gasteiger partial charge >= 0.3 is 0 Å². The van der Waals surface area contributed by atoms with E-state index in [9.17, 15) is 23.8 Å². The first-order valence-corrected chi connectivity index (χ1v) is 9.92. The second-order valence-corrected chi connectivity index (χ2v) is 7.28. The summed E-state index contributed by atoms with van der Waals surface area (Å²) in [5.41, 5.74) is 0.303. The molecular weight excluding hydrogens is 442 g/mol. The third kappa shape index (κ3) is 4.05. The van der Waals surface area contributed by atoms with Crippen LogP contribution in [0.2, 0.25) is 5.02 Å². The van der Waals surface area contributed by atoms with E-state index in [2.05, 4.69) is 9.97 Å². The number of hydrogen-bond donors (Lipinski definition) is 2. The first kappa shape index (κ1) is 21.8. The molecule has 2 aromatic carbocycles. The molecule has 0 aliphatic carbocycles. The van der Waals surface area contributed by atoms with E-state index in [4.69, 9.17) is 11.6 Å². The fourth-order valence-electron chi connectivity index (χ4n) is 3.32. The van der Waals surface area contributed by atoms with Crippen LogP contribution in [0.5, 0.6) is 0 Å². The molecule has 7 nitrogen and oxygen atoms in total. The van der Waals surface area contributed by atoms with Crippen molar-refractivity contribution in [3.63, 3.8) is 0 Å². The van der Waals surface area contributed by atoms with Crippen LogP contribution < -0.4 is 10.5 Å². The molecule has 0 fully saturated rings. The first-order chi connectivity index (χ1) is 15.4. The van der Waals surface area contributed by atoms with Gasteiger partial charge in [0.25, 0.3) is 5.56 Å². The second kappa shape index (κ2) is 8.99. The predicted octanol–water partition coefficient (Wildman–Crippen LogP) is 3.13. The number of aliphatic hydroxyl groups excluding tert-OH is 2. The summed E-state index contributed by atoms with van der Waals surface area (Å²) < 4.78 is 29.1. The lowest BCUT2D eigenvalue weighted by Crippen LogP contribution is -2.30. The summed E-state index contributed by atoms with van der Waals surface area (Å²) in [6.07, 6.45) is 0. The van der Waals surface area contributed by atoms with Gasteiger partial charge in [-0.15, -0.1) is 0 Å². The Morgan fingerprint density at radius 2 is 1.75 bits per heavy atom. The Labute approximate surface area is 185 Å². The standard InChI is InChI=1S/C22H17ClF2N4O3/c23-14-3-1-13(2-4-14)20-16-6-8-19(32)29(18-7-5-15(24)11-17(18)25)21(16)27-22(26-20)28(12-31)9-10-30/h1-8,11,30-31H,9-10,12H2. The van der Waals surface area contributed by atoms with E-state index in [0.29, 0.717) is 27.7 Å². The van der Waals surface area contributed by atoms with Crippen molar-refractivity contribution in [3.8, 4) is 16.9 Å². The Balaban J connectivity index is 2.09. The molecule has 0 atom stereocenters. The van der Waals surface area contributed by atoms with E-state index in [1.165, 1.54) is 17.0 Å². The Kier molecular flexibility index (Phi) is 6.13. The van der Waals surface area contributed by atoms with E-state index in [0.717, 1.165) is 16.7 Å². The summed E-state index contributed by atoms with van der Waals surface area (Å²) in [5.74, 6) is -1.71. The van der Waals surface area contributed by atoms with Crippen LogP contribution in [0.25, 0.3) is 28.0 Å². The molecule has 4 aromatic rings. The number of benzene rings is 2. The molecule has 0 amide bonds. The zero-order chi connectivity index (χ0) is 22.8. The molecule has 0 unspecified atom stereocenters.